The van der Waals surface area contributed by atoms with E-state index in [1.807, 2.05) is 0 Å². The van der Waals surface area contributed by atoms with E-state index in [4.69, 9.17) is 0 Å². The van der Waals surface area contributed by atoms with E-state index in [1.165, 1.54) is 0 Å². The summed E-state index contributed by atoms with van der Waals surface area (Å²) in [5, 5.41) is 0. The Labute approximate surface area is 76.2 Å². The first kappa shape index (κ1) is 12.0. The van der Waals surface area contributed by atoms with Crippen LogP contribution in [0.3, 0.4) is 0 Å². The highest BCUT2D eigenvalue weighted by Gasteiger charge is 1.99. The van der Waals surface area contributed by atoms with Crippen molar-refractivity contribution >= 4 is 39.2 Å². The Morgan fingerprint density at radius 3 is 1.12 bits per heavy atom. The topological polar surface area (TPSA) is 0 Å². The summed E-state index contributed by atoms with van der Waals surface area (Å²) in [7, 11) is 0. The van der Waals surface area contributed by atoms with Crippen molar-refractivity contribution in [1.29, 1.82) is 0 Å². The van der Waals surface area contributed by atoms with Crippen LogP contribution in [0, 0.1) is 0 Å². The summed E-state index contributed by atoms with van der Waals surface area (Å²) in [6.45, 7) is 9.20. The molecule has 0 nitrogen and oxygen atoms in total. The zero-order chi connectivity index (χ0) is 5.86. The van der Waals surface area contributed by atoms with Gasteiger partial charge in [-0.3, -0.25) is 0 Å². The van der Waals surface area contributed by atoms with Gasteiger partial charge >= 0.3 is 0 Å². The molecule has 0 aromatic heterocycles. The lowest BCUT2D eigenvalue weighted by Crippen LogP contribution is -1.98. The van der Waals surface area contributed by atoms with Gasteiger partial charge in [-0.05, 0) is 0 Å². The summed E-state index contributed by atoms with van der Waals surface area (Å²) < 4.78 is 1.92. The molecule has 0 aromatic rings. The maximum absolute atomic E-state index is 2.30. The van der Waals surface area contributed by atoms with E-state index in [0.717, 1.165) is 9.56 Å². The lowest BCUT2D eigenvalue weighted by molar-refractivity contribution is 0.971. The van der Waals surface area contributed by atoms with E-state index in [2.05, 4.69) is 27.7 Å². The highest BCUT2D eigenvalue weighted by molar-refractivity contribution is 14.0. The summed E-state index contributed by atoms with van der Waals surface area (Å²) in [5.74, 6) is 0. The molecule has 0 heterocycles. The van der Waals surface area contributed by atoms with Gasteiger partial charge in [-0.2, -0.15) is 0 Å². The monoisotopic (exact) mass is 241 g/mol. The summed E-state index contributed by atoms with van der Waals surface area (Å²) in [6, 6.07) is 0. The SMILES string of the molecule is C[CH](C)[Al][CH](C)C.I. The number of rotatable bonds is 2. The molecule has 0 aromatic carbocycles. The second-order valence-corrected chi connectivity index (χ2v) is 5.73. The first-order valence-electron chi connectivity index (χ1n) is 2.98. The molecule has 0 aliphatic rings. The van der Waals surface area contributed by atoms with Crippen molar-refractivity contribution in [2.75, 3.05) is 0 Å². The average Bonchev–Trinajstić information content (AvgIpc) is 1.27. The fraction of sp³-hybridized carbons (Fsp3) is 1.00. The molecule has 0 spiro atoms. The van der Waals surface area contributed by atoms with Gasteiger partial charge < -0.3 is 0 Å². The Balaban J connectivity index is 0. The van der Waals surface area contributed by atoms with E-state index in [0.29, 0.717) is 15.2 Å². The number of halogens is 1. The molecule has 1 radical (unpaired) electrons. The molecule has 0 bridgehead atoms. The van der Waals surface area contributed by atoms with Gasteiger partial charge in [-0.15, -0.1) is 24.0 Å². The van der Waals surface area contributed by atoms with E-state index in [9.17, 15) is 0 Å². The summed E-state index contributed by atoms with van der Waals surface area (Å²) in [4.78, 5) is 0. The molecule has 0 N–H and O–H groups in total. The van der Waals surface area contributed by atoms with E-state index < -0.39 is 0 Å². The van der Waals surface area contributed by atoms with Crippen LogP contribution in [0.25, 0.3) is 0 Å². The largest absolute Gasteiger partial charge is 0.208 e. The van der Waals surface area contributed by atoms with Gasteiger partial charge in [0.15, 0.2) is 0 Å². The third-order valence-electron chi connectivity index (χ3n) is 0.770. The summed E-state index contributed by atoms with van der Waals surface area (Å²) in [6.07, 6.45) is 0. The van der Waals surface area contributed by atoms with Crippen LogP contribution in [0.5, 0.6) is 0 Å². The second-order valence-electron chi connectivity index (χ2n) is 2.68. The lowest BCUT2D eigenvalue weighted by Gasteiger charge is -2.02. The van der Waals surface area contributed by atoms with E-state index >= 15 is 0 Å². The zero-order valence-electron chi connectivity index (χ0n) is 6.14. The molecule has 0 amide bonds. The Bertz CT molecular complexity index is 37.8. The zero-order valence-corrected chi connectivity index (χ0v) is 9.63. The molecule has 0 atom stereocenters. The van der Waals surface area contributed by atoms with Crippen LogP contribution < -0.4 is 0 Å². The van der Waals surface area contributed by atoms with Crippen LogP contribution >= 0.6 is 24.0 Å². The van der Waals surface area contributed by atoms with E-state index in [1.54, 1.807) is 0 Å². The molecule has 2 heteroatoms. The number of hydrogen-bond donors (Lipinski definition) is 0. The van der Waals surface area contributed by atoms with Crippen molar-refractivity contribution in [3.63, 3.8) is 0 Å². The van der Waals surface area contributed by atoms with Gasteiger partial charge in [0.05, 0.1) is 0 Å². The average molecular weight is 241 g/mol. The molecule has 0 fully saturated rings. The van der Waals surface area contributed by atoms with Crippen molar-refractivity contribution in [3.05, 3.63) is 0 Å². The molecule has 0 aliphatic heterocycles. The van der Waals surface area contributed by atoms with Crippen molar-refractivity contribution in [2.45, 2.75) is 37.3 Å². The van der Waals surface area contributed by atoms with Crippen LogP contribution in [0.4, 0.5) is 0 Å². The first-order chi connectivity index (χ1) is 3.13. The van der Waals surface area contributed by atoms with Gasteiger partial charge in [0, 0.05) is 0 Å². The van der Waals surface area contributed by atoms with Gasteiger partial charge in [0.25, 0.3) is 0 Å². The van der Waals surface area contributed by atoms with Crippen LogP contribution in [0.2, 0.25) is 9.56 Å². The molecular weight excluding hydrogens is 226 g/mol. The predicted octanol–water partition coefficient (Wildman–Crippen LogP) is 2.97. The molecule has 8 heavy (non-hydrogen) atoms. The Morgan fingerprint density at radius 1 is 0.875 bits per heavy atom. The molecule has 0 saturated carbocycles. The molecule has 49 valence electrons. The van der Waals surface area contributed by atoms with Crippen LogP contribution in [0.15, 0.2) is 0 Å². The Kier molecular flexibility index (Phi) is 9.57. The quantitative estimate of drug-likeness (QED) is 0.515. The van der Waals surface area contributed by atoms with Crippen LogP contribution in [-0.2, 0) is 0 Å². The van der Waals surface area contributed by atoms with Crippen molar-refractivity contribution < 1.29 is 0 Å². The Morgan fingerprint density at radius 2 is 1.12 bits per heavy atom. The standard InChI is InChI=1S/2C3H7.Al.HI/c2*1-3-2;;/h2*3H,1-2H3;;1H. The molecule has 0 aliphatic carbocycles. The molecular formula is C6H15AlI. The summed E-state index contributed by atoms with van der Waals surface area (Å²) >= 11 is 0.713. The smallest absolute Gasteiger partial charge is 0.107 e. The first-order valence-corrected chi connectivity index (χ1v) is 4.31. The van der Waals surface area contributed by atoms with Crippen molar-refractivity contribution in [2.24, 2.45) is 0 Å². The third kappa shape index (κ3) is 10.3. The van der Waals surface area contributed by atoms with Crippen molar-refractivity contribution in [3.8, 4) is 0 Å². The fourth-order valence-electron chi connectivity index (χ4n) is 0.770. The normalized spacial score (nSPS) is 9.25. The van der Waals surface area contributed by atoms with Gasteiger partial charge in [0.1, 0.15) is 0 Å². The summed E-state index contributed by atoms with van der Waals surface area (Å²) in [5.41, 5.74) is 0. The predicted molar refractivity (Wildman–Crippen MR) is 51.4 cm³/mol. The molecule has 0 unspecified atom stereocenters. The maximum atomic E-state index is 2.30. The van der Waals surface area contributed by atoms with Gasteiger partial charge in [0.2, 0.25) is 15.2 Å². The van der Waals surface area contributed by atoms with Gasteiger partial charge in [-0.25, -0.2) is 0 Å². The molecule has 0 saturated heterocycles. The second kappa shape index (κ2) is 6.38. The maximum Gasteiger partial charge on any atom is 0.208 e. The minimum atomic E-state index is 0. The Hall–Kier alpha value is 1.26. The third-order valence-corrected chi connectivity index (χ3v) is 2.31. The van der Waals surface area contributed by atoms with Crippen LogP contribution in [-0.4, -0.2) is 15.2 Å². The minimum Gasteiger partial charge on any atom is -0.107 e. The van der Waals surface area contributed by atoms with Crippen LogP contribution in [0.1, 0.15) is 27.7 Å². The number of hydrogen-bond acceptors (Lipinski definition) is 0. The fourth-order valence-corrected chi connectivity index (χ4v) is 2.31. The van der Waals surface area contributed by atoms with Crippen molar-refractivity contribution in [1.82, 2.24) is 0 Å². The van der Waals surface area contributed by atoms with Gasteiger partial charge in [-0.1, -0.05) is 37.3 Å². The highest BCUT2D eigenvalue weighted by Crippen LogP contribution is 2.07. The minimum absolute atomic E-state index is 0. The lowest BCUT2D eigenvalue weighted by atomic mass is 10.5. The highest BCUT2D eigenvalue weighted by atomic mass is 127. The molecule has 0 rings (SSSR count). The van der Waals surface area contributed by atoms with E-state index in [-0.39, 0.29) is 24.0 Å².